The van der Waals surface area contributed by atoms with E-state index >= 15 is 0 Å². The molecule has 1 aliphatic carbocycles. The van der Waals surface area contributed by atoms with Crippen LogP contribution in [0.4, 0.5) is 0 Å². The van der Waals surface area contributed by atoms with Gasteiger partial charge in [0.05, 0.1) is 12.1 Å². The lowest BCUT2D eigenvalue weighted by Crippen LogP contribution is -2.29. The van der Waals surface area contributed by atoms with E-state index in [0.29, 0.717) is 12.6 Å². The Morgan fingerprint density at radius 3 is 2.47 bits per heavy atom. The average Bonchev–Trinajstić information content (AvgIpc) is 3.13. The summed E-state index contributed by atoms with van der Waals surface area (Å²) in [7, 11) is 0. The summed E-state index contributed by atoms with van der Waals surface area (Å²) >= 11 is 0. The zero-order valence-corrected chi connectivity index (χ0v) is 10.0. The first-order chi connectivity index (χ1) is 8.29. The lowest BCUT2D eigenvalue weighted by Gasteiger charge is -2.26. The van der Waals surface area contributed by atoms with Gasteiger partial charge in [0.15, 0.2) is 0 Å². The Morgan fingerprint density at radius 1 is 1.18 bits per heavy atom. The van der Waals surface area contributed by atoms with E-state index in [9.17, 15) is 5.11 Å². The van der Waals surface area contributed by atoms with E-state index in [-0.39, 0.29) is 12.1 Å². The molecule has 0 spiro atoms. The number of hydrogen-bond donors (Lipinski definition) is 2. The van der Waals surface area contributed by atoms with Gasteiger partial charge in [0.1, 0.15) is 0 Å². The summed E-state index contributed by atoms with van der Waals surface area (Å²) in [5, 5.41) is 10.1. The molecular weight excluding hydrogens is 212 g/mol. The van der Waals surface area contributed by atoms with Gasteiger partial charge in [-0.15, -0.1) is 0 Å². The average molecular weight is 232 g/mol. The van der Waals surface area contributed by atoms with Crippen molar-refractivity contribution in [1.82, 2.24) is 4.90 Å². The van der Waals surface area contributed by atoms with Crippen LogP contribution in [0.1, 0.15) is 36.4 Å². The molecule has 1 saturated carbocycles. The Balaban J connectivity index is 1.84. The molecule has 1 aliphatic heterocycles. The second-order valence-corrected chi connectivity index (χ2v) is 5.22. The quantitative estimate of drug-likeness (QED) is 0.828. The van der Waals surface area contributed by atoms with Crippen LogP contribution in [0.2, 0.25) is 0 Å². The van der Waals surface area contributed by atoms with Gasteiger partial charge in [-0.1, -0.05) is 24.3 Å². The molecule has 1 aromatic rings. The second kappa shape index (κ2) is 4.41. The number of aliphatic hydroxyl groups is 1. The van der Waals surface area contributed by atoms with Crippen molar-refractivity contribution in [2.75, 3.05) is 6.54 Å². The first-order valence-electron chi connectivity index (χ1n) is 6.52. The highest BCUT2D eigenvalue weighted by Gasteiger charge is 2.41. The number of aliphatic hydroxyl groups excluding tert-OH is 1. The normalized spacial score (nSPS) is 29.8. The smallest absolute Gasteiger partial charge is 0.0749 e. The topological polar surface area (TPSA) is 49.5 Å². The fourth-order valence-electron chi connectivity index (χ4n) is 2.88. The second-order valence-electron chi connectivity index (χ2n) is 5.22. The zero-order valence-electron chi connectivity index (χ0n) is 10.0. The van der Waals surface area contributed by atoms with Gasteiger partial charge in [-0.05, 0) is 30.4 Å². The molecule has 0 bridgehead atoms. The fraction of sp³-hybridized carbons (Fsp3) is 0.571. The van der Waals surface area contributed by atoms with Gasteiger partial charge in [-0.25, -0.2) is 0 Å². The molecule has 2 atom stereocenters. The van der Waals surface area contributed by atoms with E-state index < -0.39 is 0 Å². The number of benzene rings is 1. The highest BCUT2D eigenvalue weighted by atomic mass is 16.3. The standard InChI is InChI=1S/C14H20N2O/c15-9-10-1-3-11(4-2-10)14-13(17)7-8-16(14)12-5-6-12/h1-4,12-14,17H,5-9,15H2. The number of rotatable bonds is 3. The Morgan fingerprint density at radius 2 is 1.88 bits per heavy atom. The van der Waals surface area contributed by atoms with E-state index in [0.717, 1.165) is 18.5 Å². The molecule has 92 valence electrons. The molecule has 2 unspecified atom stereocenters. The van der Waals surface area contributed by atoms with Crippen LogP contribution in [-0.4, -0.2) is 28.7 Å². The molecule has 17 heavy (non-hydrogen) atoms. The minimum Gasteiger partial charge on any atom is -0.391 e. The van der Waals surface area contributed by atoms with Crippen LogP contribution in [-0.2, 0) is 6.54 Å². The van der Waals surface area contributed by atoms with Gasteiger partial charge in [-0.2, -0.15) is 0 Å². The van der Waals surface area contributed by atoms with Gasteiger partial charge in [0.25, 0.3) is 0 Å². The van der Waals surface area contributed by atoms with Crippen molar-refractivity contribution in [3.63, 3.8) is 0 Å². The van der Waals surface area contributed by atoms with Gasteiger partial charge >= 0.3 is 0 Å². The SMILES string of the molecule is NCc1ccc(C2C(O)CCN2C2CC2)cc1. The minimum absolute atomic E-state index is 0.203. The summed E-state index contributed by atoms with van der Waals surface area (Å²) < 4.78 is 0. The Bertz CT molecular complexity index is 386. The van der Waals surface area contributed by atoms with E-state index in [1.807, 2.05) is 0 Å². The maximum Gasteiger partial charge on any atom is 0.0749 e. The summed E-state index contributed by atoms with van der Waals surface area (Å²) in [5.41, 5.74) is 7.99. The van der Waals surface area contributed by atoms with Crippen molar-refractivity contribution in [2.45, 2.75) is 44.0 Å². The molecule has 0 radical (unpaired) electrons. The molecule has 2 fully saturated rings. The zero-order chi connectivity index (χ0) is 11.8. The van der Waals surface area contributed by atoms with Crippen LogP contribution >= 0.6 is 0 Å². The highest BCUT2D eigenvalue weighted by molar-refractivity contribution is 5.27. The van der Waals surface area contributed by atoms with Crippen LogP contribution in [0.3, 0.4) is 0 Å². The van der Waals surface area contributed by atoms with Crippen LogP contribution in [0.25, 0.3) is 0 Å². The number of hydrogen-bond acceptors (Lipinski definition) is 3. The third-order valence-electron chi connectivity index (χ3n) is 3.98. The fourth-order valence-corrected chi connectivity index (χ4v) is 2.88. The first-order valence-corrected chi connectivity index (χ1v) is 6.52. The van der Waals surface area contributed by atoms with Crippen LogP contribution in [0.5, 0.6) is 0 Å². The molecule has 3 rings (SSSR count). The van der Waals surface area contributed by atoms with Crippen molar-refractivity contribution in [1.29, 1.82) is 0 Å². The molecule has 1 saturated heterocycles. The van der Waals surface area contributed by atoms with Gasteiger partial charge in [0, 0.05) is 19.1 Å². The van der Waals surface area contributed by atoms with Crippen LogP contribution in [0, 0.1) is 0 Å². The van der Waals surface area contributed by atoms with Crippen molar-refractivity contribution < 1.29 is 5.11 Å². The van der Waals surface area contributed by atoms with Crippen molar-refractivity contribution in [3.05, 3.63) is 35.4 Å². The predicted octanol–water partition coefficient (Wildman–Crippen LogP) is 1.42. The molecule has 0 amide bonds. The molecule has 0 aromatic heterocycles. The van der Waals surface area contributed by atoms with Gasteiger partial charge in [0.2, 0.25) is 0 Å². The highest BCUT2D eigenvalue weighted by Crippen LogP contribution is 2.40. The molecule has 3 N–H and O–H groups in total. The van der Waals surface area contributed by atoms with E-state index in [4.69, 9.17) is 5.73 Å². The first kappa shape index (κ1) is 11.2. The summed E-state index contributed by atoms with van der Waals surface area (Å²) in [4.78, 5) is 2.47. The third kappa shape index (κ3) is 2.10. The predicted molar refractivity (Wildman–Crippen MR) is 67.4 cm³/mol. The summed E-state index contributed by atoms with van der Waals surface area (Å²) in [6, 6.07) is 9.31. The molecule has 1 aromatic carbocycles. The monoisotopic (exact) mass is 232 g/mol. The van der Waals surface area contributed by atoms with Crippen LogP contribution in [0.15, 0.2) is 24.3 Å². The largest absolute Gasteiger partial charge is 0.391 e. The summed E-state index contributed by atoms with van der Waals surface area (Å²) in [6.07, 6.45) is 3.29. The Kier molecular flexibility index (Phi) is 2.90. The van der Waals surface area contributed by atoms with Gasteiger partial charge in [-0.3, -0.25) is 4.90 Å². The summed E-state index contributed by atoms with van der Waals surface area (Å²) in [5.74, 6) is 0. The van der Waals surface area contributed by atoms with Crippen LogP contribution < -0.4 is 5.73 Å². The number of likely N-dealkylation sites (tertiary alicyclic amines) is 1. The van der Waals surface area contributed by atoms with Crippen molar-refractivity contribution >= 4 is 0 Å². The number of nitrogens with zero attached hydrogens (tertiary/aromatic N) is 1. The lowest BCUT2D eigenvalue weighted by atomic mass is 10.0. The van der Waals surface area contributed by atoms with E-state index in [2.05, 4.69) is 29.2 Å². The molecule has 2 aliphatic rings. The molecular formula is C14H20N2O. The maximum atomic E-state index is 10.1. The number of nitrogens with two attached hydrogens (primary N) is 1. The van der Waals surface area contributed by atoms with Crippen molar-refractivity contribution in [3.8, 4) is 0 Å². The lowest BCUT2D eigenvalue weighted by molar-refractivity contribution is 0.112. The van der Waals surface area contributed by atoms with E-state index in [1.54, 1.807) is 0 Å². The molecule has 1 heterocycles. The maximum absolute atomic E-state index is 10.1. The molecule has 3 nitrogen and oxygen atoms in total. The Hall–Kier alpha value is -0.900. The Labute approximate surface area is 102 Å². The minimum atomic E-state index is -0.209. The molecule has 3 heteroatoms. The summed E-state index contributed by atoms with van der Waals surface area (Å²) in [6.45, 7) is 1.62. The van der Waals surface area contributed by atoms with Crippen molar-refractivity contribution in [2.24, 2.45) is 5.73 Å². The van der Waals surface area contributed by atoms with Gasteiger partial charge < -0.3 is 10.8 Å². The third-order valence-corrected chi connectivity index (χ3v) is 3.98. The van der Waals surface area contributed by atoms with E-state index in [1.165, 1.54) is 18.4 Å².